The number of carbonyl (C=O) groups excluding carboxylic acids is 1. The first-order chi connectivity index (χ1) is 8.28. The molecule has 18 heavy (non-hydrogen) atoms. The number of rotatable bonds is 3. The van der Waals surface area contributed by atoms with Gasteiger partial charge in [-0.15, -0.1) is 0 Å². The molecular weight excluding hydrogens is 231 g/mol. The van der Waals surface area contributed by atoms with Gasteiger partial charge in [-0.05, 0) is 29.5 Å². The van der Waals surface area contributed by atoms with E-state index in [1.54, 1.807) is 19.1 Å². The maximum absolute atomic E-state index is 13.0. The average Bonchev–Trinajstić information content (AvgIpc) is 2.27. The molecule has 0 aromatic heterocycles. The van der Waals surface area contributed by atoms with Crippen LogP contribution in [-0.2, 0) is 6.54 Å². The summed E-state index contributed by atoms with van der Waals surface area (Å²) in [5.41, 5.74) is 1.54. The van der Waals surface area contributed by atoms with Crippen molar-refractivity contribution in [1.82, 2.24) is 10.6 Å². The quantitative estimate of drug-likeness (QED) is 0.853. The van der Waals surface area contributed by atoms with Gasteiger partial charge in [0.05, 0.1) is 0 Å². The molecule has 2 amide bonds. The van der Waals surface area contributed by atoms with Crippen molar-refractivity contribution in [2.45, 2.75) is 34.2 Å². The first kappa shape index (κ1) is 14.5. The van der Waals surface area contributed by atoms with Crippen molar-refractivity contribution in [3.8, 4) is 0 Å². The molecule has 0 saturated carbocycles. The molecule has 0 aliphatic carbocycles. The lowest BCUT2D eigenvalue weighted by Gasteiger charge is -2.18. The topological polar surface area (TPSA) is 41.1 Å². The third-order valence-electron chi connectivity index (χ3n) is 2.45. The molecule has 3 nitrogen and oxygen atoms in total. The third-order valence-corrected chi connectivity index (χ3v) is 2.45. The number of carbonyl (C=O) groups is 1. The van der Waals surface area contributed by atoms with Gasteiger partial charge >= 0.3 is 6.03 Å². The molecule has 0 bridgehead atoms. The Balaban J connectivity index is 2.40. The highest BCUT2D eigenvalue weighted by atomic mass is 19.1. The van der Waals surface area contributed by atoms with E-state index in [4.69, 9.17) is 0 Å². The summed E-state index contributed by atoms with van der Waals surface area (Å²) in [7, 11) is 0. The van der Waals surface area contributed by atoms with E-state index in [0.717, 1.165) is 5.56 Å². The second kappa shape index (κ2) is 5.85. The fourth-order valence-electron chi connectivity index (χ4n) is 1.41. The molecule has 0 radical (unpaired) electrons. The Morgan fingerprint density at radius 2 is 1.94 bits per heavy atom. The molecule has 0 spiro atoms. The van der Waals surface area contributed by atoms with Gasteiger partial charge in [0.15, 0.2) is 0 Å². The summed E-state index contributed by atoms with van der Waals surface area (Å²) in [6.07, 6.45) is 0. The second-order valence-electron chi connectivity index (χ2n) is 5.68. The zero-order valence-electron chi connectivity index (χ0n) is 11.4. The molecule has 100 valence electrons. The maximum Gasteiger partial charge on any atom is 0.315 e. The monoisotopic (exact) mass is 252 g/mol. The summed E-state index contributed by atoms with van der Waals surface area (Å²) in [6.45, 7) is 8.88. The minimum Gasteiger partial charge on any atom is -0.338 e. The lowest BCUT2D eigenvalue weighted by atomic mass is 9.97. The van der Waals surface area contributed by atoms with E-state index < -0.39 is 0 Å². The molecule has 0 heterocycles. The Morgan fingerprint density at radius 1 is 1.28 bits per heavy atom. The van der Waals surface area contributed by atoms with Gasteiger partial charge in [-0.25, -0.2) is 9.18 Å². The Morgan fingerprint density at radius 3 is 2.50 bits per heavy atom. The van der Waals surface area contributed by atoms with Crippen LogP contribution in [-0.4, -0.2) is 12.6 Å². The molecular formula is C14H21FN2O. The predicted molar refractivity (Wildman–Crippen MR) is 70.8 cm³/mol. The molecule has 0 atom stereocenters. The van der Waals surface area contributed by atoms with Crippen molar-refractivity contribution in [1.29, 1.82) is 0 Å². The van der Waals surface area contributed by atoms with Gasteiger partial charge in [-0.2, -0.15) is 0 Å². The standard InChI is InChI=1S/C14H21FN2O/c1-10-7-11(5-6-12(10)15)8-16-13(18)17-9-14(2,3)4/h5-7H,8-9H2,1-4H3,(H2,16,17,18). The summed E-state index contributed by atoms with van der Waals surface area (Å²) in [5.74, 6) is -0.226. The molecule has 0 fully saturated rings. The lowest BCUT2D eigenvalue weighted by Crippen LogP contribution is -2.39. The zero-order valence-corrected chi connectivity index (χ0v) is 11.4. The smallest absolute Gasteiger partial charge is 0.315 e. The van der Waals surface area contributed by atoms with Crippen molar-refractivity contribution in [3.05, 3.63) is 35.1 Å². The molecule has 0 aliphatic rings. The van der Waals surface area contributed by atoms with Crippen LogP contribution >= 0.6 is 0 Å². The van der Waals surface area contributed by atoms with Crippen molar-refractivity contribution >= 4 is 6.03 Å². The summed E-state index contributed by atoms with van der Waals surface area (Å²) in [6, 6.07) is 4.62. The highest BCUT2D eigenvalue weighted by Crippen LogP contribution is 2.10. The van der Waals surface area contributed by atoms with E-state index in [9.17, 15) is 9.18 Å². The van der Waals surface area contributed by atoms with Gasteiger partial charge in [-0.1, -0.05) is 32.9 Å². The molecule has 1 aromatic carbocycles. The molecule has 0 unspecified atom stereocenters. The Labute approximate surface area is 108 Å². The van der Waals surface area contributed by atoms with Crippen molar-refractivity contribution < 1.29 is 9.18 Å². The summed E-state index contributed by atoms with van der Waals surface area (Å²) >= 11 is 0. The Bertz CT molecular complexity index is 424. The van der Waals surface area contributed by atoms with Crippen LogP contribution in [0.25, 0.3) is 0 Å². The van der Waals surface area contributed by atoms with Gasteiger partial charge in [0.2, 0.25) is 0 Å². The van der Waals surface area contributed by atoms with E-state index >= 15 is 0 Å². The summed E-state index contributed by atoms with van der Waals surface area (Å²) in [5, 5.41) is 5.54. The number of aryl methyl sites for hydroxylation is 1. The van der Waals surface area contributed by atoms with E-state index in [1.807, 2.05) is 0 Å². The fourth-order valence-corrected chi connectivity index (χ4v) is 1.41. The van der Waals surface area contributed by atoms with Gasteiger partial charge in [-0.3, -0.25) is 0 Å². The van der Waals surface area contributed by atoms with Crippen LogP contribution in [0.4, 0.5) is 9.18 Å². The number of benzene rings is 1. The summed E-state index contributed by atoms with van der Waals surface area (Å²) in [4.78, 5) is 11.5. The lowest BCUT2D eigenvalue weighted by molar-refractivity contribution is 0.235. The van der Waals surface area contributed by atoms with Crippen molar-refractivity contribution in [2.24, 2.45) is 5.41 Å². The molecule has 0 saturated heterocycles. The van der Waals surface area contributed by atoms with Crippen molar-refractivity contribution in [2.75, 3.05) is 6.54 Å². The molecule has 1 aromatic rings. The van der Waals surface area contributed by atoms with Crippen LogP contribution in [0.1, 0.15) is 31.9 Å². The maximum atomic E-state index is 13.0. The van der Waals surface area contributed by atoms with Crippen LogP contribution < -0.4 is 10.6 Å². The molecule has 1 rings (SSSR count). The minimum absolute atomic E-state index is 0.0593. The largest absolute Gasteiger partial charge is 0.338 e. The first-order valence-electron chi connectivity index (χ1n) is 6.05. The number of amides is 2. The second-order valence-corrected chi connectivity index (χ2v) is 5.68. The van der Waals surface area contributed by atoms with E-state index in [1.165, 1.54) is 6.07 Å². The number of halogens is 1. The SMILES string of the molecule is Cc1cc(CNC(=O)NCC(C)(C)C)ccc1F. The van der Waals surface area contributed by atoms with Crippen LogP contribution in [0.5, 0.6) is 0 Å². The average molecular weight is 252 g/mol. The molecule has 2 N–H and O–H groups in total. The summed E-state index contributed by atoms with van der Waals surface area (Å²) < 4.78 is 13.0. The highest BCUT2D eigenvalue weighted by molar-refractivity contribution is 5.73. The van der Waals surface area contributed by atoms with Crippen LogP contribution in [0.15, 0.2) is 18.2 Å². The minimum atomic E-state index is -0.226. The van der Waals surface area contributed by atoms with Gasteiger partial charge in [0, 0.05) is 13.1 Å². The van der Waals surface area contributed by atoms with Crippen LogP contribution in [0.2, 0.25) is 0 Å². The van der Waals surface area contributed by atoms with E-state index in [-0.39, 0.29) is 17.3 Å². The van der Waals surface area contributed by atoms with Gasteiger partial charge < -0.3 is 10.6 Å². The van der Waals surface area contributed by atoms with Crippen LogP contribution in [0, 0.1) is 18.2 Å². The predicted octanol–water partition coefficient (Wildman–Crippen LogP) is 2.98. The molecule has 0 aliphatic heterocycles. The number of hydrogen-bond donors (Lipinski definition) is 2. The number of nitrogens with one attached hydrogen (secondary N) is 2. The van der Waals surface area contributed by atoms with Gasteiger partial charge in [0.25, 0.3) is 0 Å². The highest BCUT2D eigenvalue weighted by Gasteiger charge is 2.11. The normalized spacial score (nSPS) is 11.2. The zero-order chi connectivity index (χ0) is 13.8. The van der Waals surface area contributed by atoms with Crippen LogP contribution in [0.3, 0.4) is 0 Å². The Kier molecular flexibility index (Phi) is 4.70. The fraction of sp³-hybridized carbons (Fsp3) is 0.500. The molecule has 4 heteroatoms. The van der Waals surface area contributed by atoms with E-state index in [2.05, 4.69) is 31.4 Å². The number of hydrogen-bond acceptors (Lipinski definition) is 1. The van der Waals surface area contributed by atoms with Crippen molar-refractivity contribution in [3.63, 3.8) is 0 Å². The Hall–Kier alpha value is -1.58. The van der Waals surface area contributed by atoms with Gasteiger partial charge in [0.1, 0.15) is 5.82 Å². The third kappa shape index (κ3) is 5.17. The number of urea groups is 1. The van der Waals surface area contributed by atoms with E-state index in [0.29, 0.717) is 18.7 Å². The first-order valence-corrected chi connectivity index (χ1v) is 6.05.